The normalized spacial score (nSPS) is 13.3. The molecule has 10 rings (SSSR count). The Morgan fingerprint density at radius 1 is 0.352 bits per heavy atom. The van der Waals surface area contributed by atoms with Gasteiger partial charge in [0.05, 0.1) is 0 Å². The van der Waals surface area contributed by atoms with E-state index in [2.05, 4.69) is 219 Å². The van der Waals surface area contributed by atoms with Gasteiger partial charge < -0.3 is 4.90 Å². The lowest BCUT2D eigenvalue weighted by molar-refractivity contribution is 0.705. The zero-order chi connectivity index (χ0) is 36.2. The van der Waals surface area contributed by atoms with E-state index in [0.29, 0.717) is 0 Å². The molecule has 1 nitrogen and oxygen atoms in total. The molecule has 9 aromatic carbocycles. The Hall–Kier alpha value is -6.70. The Labute approximate surface area is 317 Å². The lowest BCUT2D eigenvalue weighted by atomic mass is 9.78. The lowest BCUT2D eigenvalue weighted by Crippen LogP contribution is -2.16. The fourth-order valence-corrected chi connectivity index (χ4v) is 8.49. The van der Waals surface area contributed by atoms with Crippen molar-refractivity contribution in [3.63, 3.8) is 0 Å². The molecule has 0 amide bonds. The summed E-state index contributed by atoms with van der Waals surface area (Å²) >= 11 is 0. The summed E-state index contributed by atoms with van der Waals surface area (Å²) in [5, 5.41) is 7.63. The largest absolute Gasteiger partial charge is 0.311 e. The fourth-order valence-electron chi connectivity index (χ4n) is 8.49. The molecule has 1 aliphatic rings. The second-order valence-electron chi connectivity index (χ2n) is 15.0. The van der Waals surface area contributed by atoms with Gasteiger partial charge in [0.15, 0.2) is 0 Å². The monoisotopic (exact) mass is 689 g/mol. The fraction of sp³-hybridized carbons (Fsp3) is 0.0566. The Balaban J connectivity index is 1.03. The minimum absolute atomic E-state index is 0.0994. The first-order valence-electron chi connectivity index (χ1n) is 18.8. The highest BCUT2D eigenvalue weighted by atomic mass is 15.1. The van der Waals surface area contributed by atoms with Gasteiger partial charge >= 0.3 is 0 Å². The quantitative estimate of drug-likeness (QED) is 0.168. The van der Waals surface area contributed by atoms with Gasteiger partial charge in [-0.3, -0.25) is 0 Å². The minimum atomic E-state index is -0.0994. The minimum Gasteiger partial charge on any atom is -0.311 e. The molecule has 0 bridgehead atoms. The number of hydrogen-bond donors (Lipinski definition) is 0. The van der Waals surface area contributed by atoms with Crippen LogP contribution in [0.3, 0.4) is 0 Å². The molecule has 0 heterocycles. The van der Waals surface area contributed by atoms with Crippen molar-refractivity contribution in [1.82, 2.24) is 0 Å². The molecular formula is C53H39N. The molecule has 0 aromatic heterocycles. The topological polar surface area (TPSA) is 3.24 Å². The van der Waals surface area contributed by atoms with E-state index < -0.39 is 0 Å². The summed E-state index contributed by atoms with van der Waals surface area (Å²) in [6, 6.07) is 71.0. The molecule has 256 valence electrons. The van der Waals surface area contributed by atoms with Crippen LogP contribution in [0.2, 0.25) is 0 Å². The Morgan fingerprint density at radius 3 is 1.28 bits per heavy atom. The molecule has 0 N–H and O–H groups in total. The summed E-state index contributed by atoms with van der Waals surface area (Å²) in [4.78, 5) is 2.37. The first kappa shape index (κ1) is 32.0. The van der Waals surface area contributed by atoms with Crippen molar-refractivity contribution in [2.24, 2.45) is 0 Å². The number of fused-ring (bicyclic) bond motifs is 5. The van der Waals surface area contributed by atoms with Crippen molar-refractivity contribution in [3.05, 3.63) is 211 Å². The van der Waals surface area contributed by atoms with Gasteiger partial charge in [0.2, 0.25) is 0 Å². The zero-order valence-corrected chi connectivity index (χ0v) is 30.5. The van der Waals surface area contributed by atoms with Gasteiger partial charge in [0.25, 0.3) is 0 Å². The van der Waals surface area contributed by atoms with Crippen molar-refractivity contribution in [2.75, 3.05) is 4.90 Å². The number of rotatable bonds is 6. The van der Waals surface area contributed by atoms with Gasteiger partial charge in [0.1, 0.15) is 0 Å². The van der Waals surface area contributed by atoms with Crippen LogP contribution in [0.25, 0.3) is 66.2 Å². The highest BCUT2D eigenvalue weighted by Crippen LogP contribution is 2.49. The van der Waals surface area contributed by atoms with Crippen molar-refractivity contribution in [2.45, 2.75) is 19.3 Å². The molecule has 54 heavy (non-hydrogen) atoms. The van der Waals surface area contributed by atoms with Crippen LogP contribution in [0.1, 0.15) is 30.5 Å². The van der Waals surface area contributed by atoms with Crippen LogP contribution >= 0.6 is 0 Å². The number of nitrogens with zero attached hydrogens (tertiary/aromatic N) is 1. The van der Waals surface area contributed by atoms with E-state index in [4.69, 9.17) is 0 Å². The van der Waals surface area contributed by atoms with E-state index in [0.717, 1.165) is 17.1 Å². The van der Waals surface area contributed by atoms with Crippen LogP contribution in [0.15, 0.2) is 194 Å². The van der Waals surface area contributed by atoms with Crippen LogP contribution in [-0.4, -0.2) is 0 Å². The highest BCUT2D eigenvalue weighted by Gasteiger charge is 2.34. The van der Waals surface area contributed by atoms with Gasteiger partial charge in [-0.05, 0) is 131 Å². The Morgan fingerprint density at radius 2 is 0.759 bits per heavy atom. The van der Waals surface area contributed by atoms with Crippen LogP contribution < -0.4 is 4.90 Å². The maximum Gasteiger partial charge on any atom is 0.0462 e. The van der Waals surface area contributed by atoms with E-state index in [-0.39, 0.29) is 5.41 Å². The third-order valence-corrected chi connectivity index (χ3v) is 11.5. The van der Waals surface area contributed by atoms with E-state index in [1.54, 1.807) is 0 Å². The van der Waals surface area contributed by atoms with Gasteiger partial charge in [-0.1, -0.05) is 159 Å². The summed E-state index contributed by atoms with van der Waals surface area (Å²) < 4.78 is 0. The van der Waals surface area contributed by atoms with Gasteiger partial charge in [0, 0.05) is 22.5 Å². The van der Waals surface area contributed by atoms with Crippen molar-refractivity contribution < 1.29 is 0 Å². The highest BCUT2D eigenvalue weighted by molar-refractivity contribution is 6.03. The van der Waals surface area contributed by atoms with Crippen LogP contribution in [0.4, 0.5) is 17.1 Å². The van der Waals surface area contributed by atoms with Gasteiger partial charge in [-0.2, -0.15) is 0 Å². The number of hydrogen-bond acceptors (Lipinski definition) is 1. The summed E-state index contributed by atoms with van der Waals surface area (Å²) in [5.41, 5.74) is 13.4. The molecular weight excluding hydrogens is 651 g/mol. The Kier molecular flexibility index (Phi) is 7.56. The van der Waals surface area contributed by atoms with Gasteiger partial charge in [-0.25, -0.2) is 0 Å². The van der Waals surface area contributed by atoms with Crippen LogP contribution in [-0.2, 0) is 5.41 Å². The molecule has 0 fully saturated rings. The first-order valence-corrected chi connectivity index (χ1v) is 18.8. The molecule has 0 radical (unpaired) electrons. The van der Waals surface area contributed by atoms with Crippen molar-refractivity contribution in [1.29, 1.82) is 0 Å². The second-order valence-corrected chi connectivity index (χ2v) is 15.0. The van der Waals surface area contributed by atoms with Gasteiger partial charge in [-0.15, -0.1) is 0 Å². The molecule has 0 saturated heterocycles. The summed E-state index contributed by atoms with van der Waals surface area (Å²) in [5.74, 6) is 0. The lowest BCUT2D eigenvalue weighted by Gasteiger charge is -2.28. The van der Waals surface area contributed by atoms with E-state index >= 15 is 0 Å². The SMILES string of the molecule is CC1(C)C(c2ccc(N(c3ccc(-c4ccc5ccccc5c4)cc3)c3ccc(-c4ccc5ccccc5c4)cc3)cc2)=Cc2c1ccc1ccccc21. The van der Waals surface area contributed by atoms with E-state index in [1.807, 2.05) is 0 Å². The molecule has 1 aliphatic carbocycles. The van der Waals surface area contributed by atoms with Crippen molar-refractivity contribution in [3.8, 4) is 22.3 Å². The predicted molar refractivity (Wildman–Crippen MR) is 232 cm³/mol. The maximum absolute atomic E-state index is 2.42. The molecule has 9 aromatic rings. The zero-order valence-electron chi connectivity index (χ0n) is 30.5. The molecule has 1 heteroatoms. The molecule has 0 unspecified atom stereocenters. The summed E-state index contributed by atoms with van der Waals surface area (Å²) in [6.07, 6.45) is 2.42. The standard InChI is InChI=1S/C53H39N/c1-53(2)51-32-25-40-11-7-8-14-49(40)50(51)35-52(53)41-23-30-48(31-24-41)54(46-26-19-38(20-27-46)44-17-15-36-9-3-5-12-42(36)33-44)47-28-21-39(22-29-47)45-18-16-37-10-4-6-13-43(37)34-45/h3-35H,1-2H3. The van der Waals surface area contributed by atoms with E-state index in [1.165, 1.54) is 76.8 Å². The summed E-state index contributed by atoms with van der Waals surface area (Å²) in [7, 11) is 0. The maximum atomic E-state index is 2.42. The third kappa shape index (κ3) is 5.49. The van der Waals surface area contributed by atoms with E-state index in [9.17, 15) is 0 Å². The molecule has 0 aliphatic heterocycles. The predicted octanol–water partition coefficient (Wildman–Crippen LogP) is 14.8. The molecule has 0 spiro atoms. The number of benzene rings is 9. The second kappa shape index (κ2) is 12.8. The average molecular weight is 690 g/mol. The third-order valence-electron chi connectivity index (χ3n) is 11.5. The number of anilines is 3. The van der Waals surface area contributed by atoms with Crippen molar-refractivity contribution >= 4 is 61.0 Å². The molecule has 0 atom stereocenters. The smallest absolute Gasteiger partial charge is 0.0462 e. The van der Waals surface area contributed by atoms with Crippen LogP contribution in [0.5, 0.6) is 0 Å². The molecule has 0 saturated carbocycles. The van der Waals surface area contributed by atoms with Crippen LogP contribution in [0, 0.1) is 0 Å². The first-order chi connectivity index (χ1) is 26.5. The average Bonchev–Trinajstić information content (AvgIpc) is 3.51. The summed E-state index contributed by atoms with van der Waals surface area (Å²) in [6.45, 7) is 4.71. The Bertz CT molecular complexity index is 2750. The number of allylic oxidation sites excluding steroid dienone is 1.